The molecule has 0 saturated heterocycles. The summed E-state index contributed by atoms with van der Waals surface area (Å²) in [5.74, 6) is 0.537. The number of aromatic nitrogens is 3. The number of rotatable bonds is 6. The van der Waals surface area contributed by atoms with Gasteiger partial charge >= 0.3 is 0 Å². The first-order valence-electron chi connectivity index (χ1n) is 8.91. The molecule has 3 aromatic heterocycles. The summed E-state index contributed by atoms with van der Waals surface area (Å²) in [5, 5.41) is 9.67. The second-order valence-electron chi connectivity index (χ2n) is 6.20. The summed E-state index contributed by atoms with van der Waals surface area (Å²) < 4.78 is 15.3. The van der Waals surface area contributed by atoms with E-state index in [2.05, 4.69) is 25.6 Å². The number of halogens is 2. The van der Waals surface area contributed by atoms with Gasteiger partial charge in [-0.15, -0.1) is 35.3 Å². The molecule has 3 N–H and O–H groups in total. The number of thiazole rings is 1. The quantitative estimate of drug-likeness (QED) is 0.208. The van der Waals surface area contributed by atoms with E-state index >= 15 is 0 Å². The van der Waals surface area contributed by atoms with Crippen LogP contribution in [0.4, 0.5) is 4.39 Å². The van der Waals surface area contributed by atoms with E-state index in [1.807, 2.05) is 41.4 Å². The van der Waals surface area contributed by atoms with Gasteiger partial charge in [0.2, 0.25) is 0 Å². The molecule has 0 bridgehead atoms. The Morgan fingerprint density at radius 1 is 1.36 bits per heavy atom. The SMILES string of the molecule is CCNC(=NCc1cn2ccsc2n1)NCCc1c[nH]c2cc(F)ccc12.I. The first-order chi connectivity index (χ1) is 13.2. The molecule has 0 aliphatic rings. The molecular weight excluding hydrogens is 490 g/mol. The first-order valence-corrected chi connectivity index (χ1v) is 9.79. The minimum atomic E-state index is -0.227. The minimum absolute atomic E-state index is 0. The van der Waals surface area contributed by atoms with Crippen molar-refractivity contribution in [1.29, 1.82) is 0 Å². The highest BCUT2D eigenvalue weighted by molar-refractivity contribution is 14.0. The molecule has 6 nitrogen and oxygen atoms in total. The topological polar surface area (TPSA) is 69.5 Å². The number of hydrogen-bond acceptors (Lipinski definition) is 3. The number of guanidine groups is 1. The van der Waals surface area contributed by atoms with Crippen LogP contribution < -0.4 is 10.6 Å². The Bertz CT molecular complexity index is 1050. The van der Waals surface area contributed by atoms with Crippen molar-refractivity contribution in [2.24, 2.45) is 4.99 Å². The van der Waals surface area contributed by atoms with Crippen LogP contribution in [0.15, 0.2) is 47.2 Å². The number of fused-ring (bicyclic) bond motifs is 2. The van der Waals surface area contributed by atoms with E-state index in [1.54, 1.807) is 11.3 Å². The molecule has 4 aromatic rings. The van der Waals surface area contributed by atoms with Gasteiger partial charge < -0.3 is 15.6 Å². The Kier molecular flexibility index (Phi) is 6.89. The third-order valence-corrected chi connectivity index (χ3v) is 5.07. The van der Waals surface area contributed by atoms with Gasteiger partial charge in [-0.2, -0.15) is 0 Å². The number of aliphatic imine (C=N–C) groups is 1. The molecule has 0 aliphatic heterocycles. The molecule has 0 saturated carbocycles. The van der Waals surface area contributed by atoms with E-state index < -0.39 is 0 Å². The van der Waals surface area contributed by atoms with Crippen molar-refractivity contribution >= 4 is 57.1 Å². The van der Waals surface area contributed by atoms with E-state index in [9.17, 15) is 4.39 Å². The van der Waals surface area contributed by atoms with Gasteiger partial charge in [0.05, 0.1) is 12.2 Å². The van der Waals surface area contributed by atoms with Gasteiger partial charge in [-0.3, -0.25) is 4.40 Å². The highest BCUT2D eigenvalue weighted by atomic mass is 127. The molecule has 0 atom stereocenters. The summed E-state index contributed by atoms with van der Waals surface area (Å²) >= 11 is 1.61. The van der Waals surface area contributed by atoms with Crippen molar-refractivity contribution in [3.8, 4) is 0 Å². The molecule has 148 valence electrons. The van der Waals surface area contributed by atoms with E-state index in [4.69, 9.17) is 0 Å². The van der Waals surface area contributed by atoms with Gasteiger partial charge in [0.1, 0.15) is 5.82 Å². The van der Waals surface area contributed by atoms with Gasteiger partial charge in [-0.25, -0.2) is 14.4 Å². The number of H-pyrrole nitrogens is 1. The standard InChI is InChI=1S/C19H21FN6S.HI/c1-2-21-18(24-11-15-12-26-7-8-27-19(26)25-15)22-6-5-13-10-23-17-9-14(20)3-4-16(13)17;/h3-4,7-10,12,23H,2,5-6,11H2,1H3,(H2,21,22,24);1H. The second kappa shape index (κ2) is 9.37. The molecule has 28 heavy (non-hydrogen) atoms. The first kappa shape index (κ1) is 20.6. The van der Waals surface area contributed by atoms with Crippen LogP contribution in [0.1, 0.15) is 18.2 Å². The lowest BCUT2D eigenvalue weighted by atomic mass is 10.1. The molecule has 0 fully saturated rings. The smallest absolute Gasteiger partial charge is 0.193 e. The number of nitrogens with zero attached hydrogens (tertiary/aromatic N) is 3. The molecule has 4 rings (SSSR count). The summed E-state index contributed by atoms with van der Waals surface area (Å²) in [6.07, 6.45) is 6.75. The fraction of sp³-hybridized carbons (Fsp3) is 0.263. The third-order valence-electron chi connectivity index (χ3n) is 4.30. The van der Waals surface area contributed by atoms with Crippen molar-refractivity contribution in [2.75, 3.05) is 13.1 Å². The van der Waals surface area contributed by atoms with Crippen LogP contribution in [0.25, 0.3) is 15.9 Å². The number of imidazole rings is 1. The highest BCUT2D eigenvalue weighted by Crippen LogP contribution is 2.19. The average Bonchev–Trinajstić information content (AvgIpc) is 3.34. The van der Waals surface area contributed by atoms with Crippen LogP contribution in [0.2, 0.25) is 0 Å². The normalized spacial score (nSPS) is 11.7. The minimum Gasteiger partial charge on any atom is -0.361 e. The van der Waals surface area contributed by atoms with Crippen LogP contribution in [-0.2, 0) is 13.0 Å². The molecule has 1 aromatic carbocycles. The zero-order chi connectivity index (χ0) is 18.6. The van der Waals surface area contributed by atoms with Gasteiger partial charge in [-0.05, 0) is 37.1 Å². The van der Waals surface area contributed by atoms with E-state index in [1.165, 1.54) is 12.1 Å². The summed E-state index contributed by atoms with van der Waals surface area (Å²) in [4.78, 5) is 13.3. The van der Waals surface area contributed by atoms with Crippen molar-refractivity contribution in [3.63, 3.8) is 0 Å². The number of benzene rings is 1. The summed E-state index contributed by atoms with van der Waals surface area (Å²) in [5.41, 5.74) is 2.92. The summed E-state index contributed by atoms with van der Waals surface area (Å²) in [6.45, 7) is 4.08. The van der Waals surface area contributed by atoms with Crippen molar-refractivity contribution in [3.05, 3.63) is 59.2 Å². The Morgan fingerprint density at radius 3 is 3.07 bits per heavy atom. The molecule has 0 unspecified atom stereocenters. The predicted octanol–water partition coefficient (Wildman–Crippen LogP) is 3.93. The Morgan fingerprint density at radius 2 is 2.25 bits per heavy atom. The van der Waals surface area contributed by atoms with Crippen molar-refractivity contribution in [2.45, 2.75) is 19.9 Å². The fourth-order valence-corrected chi connectivity index (χ4v) is 3.75. The van der Waals surface area contributed by atoms with Crippen molar-refractivity contribution < 1.29 is 4.39 Å². The summed E-state index contributed by atoms with van der Waals surface area (Å²) in [7, 11) is 0. The monoisotopic (exact) mass is 512 g/mol. The van der Waals surface area contributed by atoms with Gasteiger partial charge in [0.25, 0.3) is 0 Å². The molecule has 0 amide bonds. The third kappa shape index (κ3) is 4.64. The maximum absolute atomic E-state index is 13.3. The number of hydrogen-bond donors (Lipinski definition) is 3. The molecule has 0 spiro atoms. The highest BCUT2D eigenvalue weighted by Gasteiger charge is 2.06. The van der Waals surface area contributed by atoms with E-state index in [-0.39, 0.29) is 29.8 Å². The van der Waals surface area contributed by atoms with Crippen LogP contribution >= 0.6 is 35.3 Å². The lowest BCUT2D eigenvalue weighted by molar-refractivity contribution is 0.629. The largest absolute Gasteiger partial charge is 0.361 e. The maximum atomic E-state index is 13.3. The summed E-state index contributed by atoms with van der Waals surface area (Å²) in [6, 6.07) is 4.84. The molecule has 9 heteroatoms. The molecule has 0 radical (unpaired) electrons. The van der Waals surface area contributed by atoms with Gasteiger partial charge in [0.15, 0.2) is 10.9 Å². The molecule has 0 aliphatic carbocycles. The lowest BCUT2D eigenvalue weighted by Crippen LogP contribution is -2.38. The van der Waals surface area contributed by atoms with Crippen LogP contribution in [0.3, 0.4) is 0 Å². The number of nitrogens with one attached hydrogen (secondary N) is 3. The van der Waals surface area contributed by atoms with Gasteiger partial charge in [-0.1, -0.05) is 0 Å². The maximum Gasteiger partial charge on any atom is 0.193 e. The Labute approximate surface area is 183 Å². The van der Waals surface area contributed by atoms with Gasteiger partial charge in [0, 0.05) is 48.0 Å². The van der Waals surface area contributed by atoms with E-state index in [0.29, 0.717) is 6.54 Å². The zero-order valence-electron chi connectivity index (χ0n) is 15.4. The predicted molar refractivity (Wildman–Crippen MR) is 123 cm³/mol. The second-order valence-corrected chi connectivity index (χ2v) is 7.07. The molecular formula is C19H22FIN6S. The molecule has 3 heterocycles. The fourth-order valence-electron chi connectivity index (χ4n) is 3.03. The Hall–Kier alpha value is -2.14. The lowest BCUT2D eigenvalue weighted by Gasteiger charge is -2.10. The van der Waals surface area contributed by atoms with Crippen LogP contribution in [-0.4, -0.2) is 33.4 Å². The number of aromatic amines is 1. The van der Waals surface area contributed by atoms with Crippen LogP contribution in [0.5, 0.6) is 0 Å². The van der Waals surface area contributed by atoms with Crippen LogP contribution in [0, 0.1) is 5.82 Å². The average molecular weight is 512 g/mol. The van der Waals surface area contributed by atoms with Crippen molar-refractivity contribution in [1.82, 2.24) is 25.0 Å². The Balaban J connectivity index is 0.00000225. The zero-order valence-corrected chi connectivity index (χ0v) is 18.6. The van der Waals surface area contributed by atoms with E-state index in [0.717, 1.165) is 52.6 Å².